The molecule has 0 aliphatic heterocycles. The Labute approximate surface area is 210 Å². The largest absolute Gasteiger partial charge is 0.483 e. The van der Waals surface area contributed by atoms with Gasteiger partial charge in [-0.15, -0.1) is 10.2 Å². The second-order valence-electron chi connectivity index (χ2n) is 8.55. The monoisotopic (exact) mass is 486 g/mol. The van der Waals surface area contributed by atoms with Crippen LogP contribution in [-0.4, -0.2) is 26.4 Å². The van der Waals surface area contributed by atoms with E-state index in [9.17, 15) is 4.79 Å². The molecule has 0 saturated heterocycles. The van der Waals surface area contributed by atoms with Crippen LogP contribution in [0.15, 0.2) is 90.1 Å². The topological polar surface area (TPSA) is 69.0 Å². The van der Waals surface area contributed by atoms with Crippen LogP contribution in [-0.2, 0) is 11.3 Å². The number of ether oxygens (including phenoxy) is 1. The van der Waals surface area contributed by atoms with Crippen molar-refractivity contribution in [3.63, 3.8) is 0 Å². The predicted octanol–water partition coefficient (Wildman–Crippen LogP) is 5.94. The molecule has 1 aromatic heterocycles. The SMILES string of the molecule is CC(C)c1ccc(OC(C)c2nnc(SCC(=O)NCc3ccccc3)n2-c2ccccc2)cc1. The molecule has 4 aromatic rings. The molecule has 0 aliphatic carbocycles. The van der Waals surface area contributed by atoms with Crippen LogP contribution < -0.4 is 10.1 Å². The summed E-state index contributed by atoms with van der Waals surface area (Å²) in [7, 11) is 0. The molecule has 35 heavy (non-hydrogen) atoms. The number of hydrogen-bond donors (Lipinski definition) is 1. The molecular weight excluding hydrogens is 456 g/mol. The van der Waals surface area contributed by atoms with E-state index in [0.29, 0.717) is 23.4 Å². The smallest absolute Gasteiger partial charge is 0.230 e. The van der Waals surface area contributed by atoms with Crippen LogP contribution in [0.5, 0.6) is 5.75 Å². The lowest BCUT2D eigenvalue weighted by atomic mass is 10.0. The molecule has 1 unspecified atom stereocenters. The number of rotatable bonds is 10. The molecule has 1 atom stereocenters. The number of thioether (sulfide) groups is 1. The number of carbonyl (C=O) groups is 1. The minimum atomic E-state index is -0.339. The van der Waals surface area contributed by atoms with Crippen molar-refractivity contribution in [2.45, 2.75) is 44.5 Å². The maximum atomic E-state index is 12.5. The van der Waals surface area contributed by atoms with Gasteiger partial charge in [0.2, 0.25) is 5.91 Å². The third-order valence-electron chi connectivity index (χ3n) is 5.56. The Morgan fingerprint density at radius 2 is 1.57 bits per heavy atom. The highest BCUT2D eigenvalue weighted by Gasteiger charge is 2.21. The van der Waals surface area contributed by atoms with Gasteiger partial charge in [-0.05, 0) is 48.2 Å². The summed E-state index contributed by atoms with van der Waals surface area (Å²) in [6.45, 7) is 6.79. The van der Waals surface area contributed by atoms with E-state index in [0.717, 1.165) is 17.0 Å². The van der Waals surface area contributed by atoms with Gasteiger partial charge < -0.3 is 10.1 Å². The summed E-state index contributed by atoms with van der Waals surface area (Å²) in [5.41, 5.74) is 3.25. The number of benzene rings is 3. The predicted molar refractivity (Wildman–Crippen MR) is 140 cm³/mol. The van der Waals surface area contributed by atoms with E-state index in [-0.39, 0.29) is 17.8 Å². The maximum Gasteiger partial charge on any atom is 0.230 e. The van der Waals surface area contributed by atoms with Crippen LogP contribution in [0.4, 0.5) is 0 Å². The molecular formula is C28H30N4O2S. The number of aromatic nitrogens is 3. The molecule has 1 amide bonds. The van der Waals surface area contributed by atoms with E-state index < -0.39 is 0 Å². The highest BCUT2D eigenvalue weighted by molar-refractivity contribution is 7.99. The molecule has 4 rings (SSSR count). The standard InChI is InChI=1S/C28H30N4O2S/c1-20(2)23-14-16-25(17-15-23)34-21(3)27-30-31-28(32(27)24-12-8-5-9-13-24)35-19-26(33)29-18-22-10-6-4-7-11-22/h4-17,20-21H,18-19H2,1-3H3,(H,29,33). The molecule has 1 heterocycles. The normalized spacial score (nSPS) is 11.9. The summed E-state index contributed by atoms with van der Waals surface area (Å²) in [4.78, 5) is 12.5. The Hall–Kier alpha value is -3.58. The highest BCUT2D eigenvalue weighted by atomic mass is 32.2. The first-order valence-electron chi connectivity index (χ1n) is 11.7. The number of nitrogens with zero attached hydrogens (tertiary/aromatic N) is 3. The van der Waals surface area contributed by atoms with Crippen LogP contribution in [0, 0.1) is 0 Å². The van der Waals surface area contributed by atoms with Crippen molar-refractivity contribution < 1.29 is 9.53 Å². The van der Waals surface area contributed by atoms with Gasteiger partial charge in [-0.2, -0.15) is 0 Å². The summed E-state index contributed by atoms with van der Waals surface area (Å²) < 4.78 is 8.17. The van der Waals surface area contributed by atoms with Gasteiger partial charge in [-0.3, -0.25) is 9.36 Å². The quantitative estimate of drug-likeness (QED) is 0.281. The van der Waals surface area contributed by atoms with Crippen LogP contribution >= 0.6 is 11.8 Å². The first-order chi connectivity index (χ1) is 17.0. The lowest BCUT2D eigenvalue weighted by Crippen LogP contribution is -2.24. The van der Waals surface area contributed by atoms with Crippen LogP contribution in [0.3, 0.4) is 0 Å². The average molecular weight is 487 g/mol. The molecule has 0 radical (unpaired) electrons. The minimum absolute atomic E-state index is 0.0578. The number of para-hydroxylation sites is 1. The summed E-state index contributed by atoms with van der Waals surface area (Å²) in [5, 5.41) is 12.4. The van der Waals surface area contributed by atoms with Crippen LogP contribution in [0.2, 0.25) is 0 Å². The summed E-state index contributed by atoms with van der Waals surface area (Å²) in [5.74, 6) is 2.10. The lowest BCUT2D eigenvalue weighted by Gasteiger charge is -2.17. The van der Waals surface area contributed by atoms with Crippen molar-refractivity contribution >= 4 is 17.7 Å². The first-order valence-corrected chi connectivity index (χ1v) is 12.7. The number of hydrogen-bond acceptors (Lipinski definition) is 5. The molecule has 7 heteroatoms. The van der Waals surface area contributed by atoms with Gasteiger partial charge in [0.15, 0.2) is 17.1 Å². The van der Waals surface area contributed by atoms with Gasteiger partial charge in [-0.1, -0.05) is 86.3 Å². The second kappa shape index (κ2) is 11.7. The summed E-state index contributed by atoms with van der Waals surface area (Å²) >= 11 is 1.36. The van der Waals surface area contributed by atoms with Crippen molar-refractivity contribution in [2.75, 3.05) is 5.75 Å². The zero-order valence-corrected chi connectivity index (χ0v) is 21.0. The first kappa shape index (κ1) is 24.5. The van der Waals surface area contributed by atoms with Crippen molar-refractivity contribution in [1.29, 1.82) is 0 Å². The number of amides is 1. The van der Waals surface area contributed by atoms with E-state index in [2.05, 4.69) is 41.5 Å². The molecule has 0 saturated carbocycles. The molecule has 1 N–H and O–H groups in total. The molecule has 0 fully saturated rings. The van der Waals surface area contributed by atoms with E-state index in [1.807, 2.05) is 84.3 Å². The van der Waals surface area contributed by atoms with E-state index in [4.69, 9.17) is 4.74 Å². The van der Waals surface area contributed by atoms with Crippen LogP contribution in [0.1, 0.15) is 49.7 Å². The fourth-order valence-electron chi connectivity index (χ4n) is 3.62. The minimum Gasteiger partial charge on any atom is -0.483 e. The van der Waals surface area contributed by atoms with E-state index in [1.165, 1.54) is 17.3 Å². The van der Waals surface area contributed by atoms with Gasteiger partial charge in [0.25, 0.3) is 0 Å². The molecule has 0 bridgehead atoms. The van der Waals surface area contributed by atoms with Crippen molar-refractivity contribution in [2.24, 2.45) is 0 Å². The van der Waals surface area contributed by atoms with Gasteiger partial charge in [-0.25, -0.2) is 0 Å². The van der Waals surface area contributed by atoms with Gasteiger partial charge in [0, 0.05) is 12.2 Å². The van der Waals surface area contributed by atoms with Gasteiger partial charge in [0.1, 0.15) is 5.75 Å². The fourth-order valence-corrected chi connectivity index (χ4v) is 4.41. The second-order valence-corrected chi connectivity index (χ2v) is 9.49. The Bertz CT molecular complexity index is 1230. The van der Waals surface area contributed by atoms with Crippen LogP contribution in [0.25, 0.3) is 5.69 Å². The molecule has 180 valence electrons. The van der Waals surface area contributed by atoms with Gasteiger partial charge >= 0.3 is 0 Å². The third kappa shape index (κ3) is 6.51. The summed E-state index contributed by atoms with van der Waals surface area (Å²) in [6, 6.07) is 27.9. The Balaban J connectivity index is 1.48. The third-order valence-corrected chi connectivity index (χ3v) is 6.49. The van der Waals surface area contributed by atoms with Crippen molar-refractivity contribution in [3.05, 3.63) is 102 Å². The van der Waals surface area contributed by atoms with E-state index >= 15 is 0 Å². The Morgan fingerprint density at radius 3 is 2.23 bits per heavy atom. The van der Waals surface area contributed by atoms with E-state index in [1.54, 1.807) is 0 Å². The highest BCUT2D eigenvalue weighted by Crippen LogP contribution is 2.28. The zero-order chi connectivity index (χ0) is 24.6. The molecule has 6 nitrogen and oxygen atoms in total. The zero-order valence-electron chi connectivity index (χ0n) is 20.2. The van der Waals surface area contributed by atoms with Crippen molar-refractivity contribution in [3.8, 4) is 11.4 Å². The van der Waals surface area contributed by atoms with Gasteiger partial charge in [0.05, 0.1) is 5.75 Å². The Morgan fingerprint density at radius 1 is 0.914 bits per heavy atom. The molecule has 0 aliphatic rings. The molecule has 3 aromatic carbocycles. The Kier molecular flexibility index (Phi) is 8.21. The molecule has 0 spiro atoms. The maximum absolute atomic E-state index is 12.5. The lowest BCUT2D eigenvalue weighted by molar-refractivity contribution is -0.118. The fraction of sp³-hybridized carbons (Fsp3) is 0.250. The average Bonchev–Trinajstić information content (AvgIpc) is 3.32. The van der Waals surface area contributed by atoms with Crippen molar-refractivity contribution in [1.82, 2.24) is 20.1 Å². The summed E-state index contributed by atoms with van der Waals surface area (Å²) in [6.07, 6.45) is -0.339. The number of nitrogens with one attached hydrogen (secondary N) is 1. The number of carbonyl (C=O) groups excluding carboxylic acids is 1.